The zero-order valence-electron chi connectivity index (χ0n) is 11.8. The molecule has 1 rings (SSSR count). The number of carbonyl (C=O) groups excluding carboxylic acids is 2. The molecule has 6 heteroatoms. The lowest BCUT2D eigenvalue weighted by Crippen LogP contribution is -2.34. The molecule has 0 saturated carbocycles. The molecule has 1 amide bonds. The van der Waals surface area contributed by atoms with Crippen LogP contribution in [0.3, 0.4) is 0 Å². The van der Waals surface area contributed by atoms with Crippen molar-refractivity contribution in [2.45, 2.75) is 26.3 Å². The number of benzene rings is 1. The Balaban J connectivity index is 2.71. The maximum absolute atomic E-state index is 13.6. The van der Waals surface area contributed by atoms with Crippen LogP contribution in [0.4, 0.5) is 10.1 Å². The van der Waals surface area contributed by atoms with Gasteiger partial charge in [0.2, 0.25) is 5.91 Å². The molecule has 1 aromatic rings. The van der Waals surface area contributed by atoms with Gasteiger partial charge < -0.3 is 15.4 Å². The Bertz CT molecular complexity index is 491. The van der Waals surface area contributed by atoms with Crippen molar-refractivity contribution >= 4 is 17.6 Å². The largest absolute Gasteiger partial charge is 0.465 e. The van der Waals surface area contributed by atoms with Gasteiger partial charge in [-0.15, -0.1) is 0 Å². The molecule has 5 nitrogen and oxygen atoms in total. The summed E-state index contributed by atoms with van der Waals surface area (Å²) in [4.78, 5) is 23.0. The smallest absolute Gasteiger partial charge is 0.337 e. The van der Waals surface area contributed by atoms with Crippen LogP contribution in [0.5, 0.6) is 0 Å². The molecule has 110 valence electrons. The SMILES string of the molecule is CCC(C)NCC(=O)Nc1cc(C(=O)OC)ccc1F. The standard InChI is InChI=1S/C14H19FN2O3/c1-4-9(2)16-8-13(18)17-12-7-10(14(19)20-3)5-6-11(12)15/h5-7,9,16H,4,8H2,1-3H3,(H,17,18). The molecule has 0 aliphatic heterocycles. The van der Waals surface area contributed by atoms with E-state index in [-0.39, 0.29) is 29.7 Å². The lowest BCUT2D eigenvalue weighted by molar-refractivity contribution is -0.115. The van der Waals surface area contributed by atoms with Gasteiger partial charge in [0, 0.05) is 6.04 Å². The summed E-state index contributed by atoms with van der Waals surface area (Å²) >= 11 is 0. The molecule has 1 aromatic carbocycles. The van der Waals surface area contributed by atoms with Crippen molar-refractivity contribution in [3.8, 4) is 0 Å². The summed E-state index contributed by atoms with van der Waals surface area (Å²) in [6, 6.07) is 3.87. The van der Waals surface area contributed by atoms with Crippen LogP contribution < -0.4 is 10.6 Å². The normalized spacial score (nSPS) is 11.8. The van der Waals surface area contributed by atoms with E-state index in [1.165, 1.54) is 19.2 Å². The van der Waals surface area contributed by atoms with Crippen LogP contribution in [-0.4, -0.2) is 31.6 Å². The maximum atomic E-state index is 13.6. The minimum Gasteiger partial charge on any atom is -0.465 e. The second kappa shape index (κ2) is 7.59. The molecule has 0 spiro atoms. The topological polar surface area (TPSA) is 67.4 Å². The van der Waals surface area contributed by atoms with Crippen LogP contribution in [0.25, 0.3) is 0 Å². The van der Waals surface area contributed by atoms with E-state index in [0.29, 0.717) is 0 Å². The summed E-state index contributed by atoms with van der Waals surface area (Å²) < 4.78 is 18.1. The number of methoxy groups -OCH3 is 1. The van der Waals surface area contributed by atoms with E-state index in [1.807, 2.05) is 13.8 Å². The molecule has 0 fully saturated rings. The van der Waals surface area contributed by atoms with Gasteiger partial charge in [-0.2, -0.15) is 0 Å². The summed E-state index contributed by atoms with van der Waals surface area (Å²) in [5.74, 6) is -1.56. The highest BCUT2D eigenvalue weighted by Crippen LogP contribution is 2.16. The molecule has 0 aromatic heterocycles. The van der Waals surface area contributed by atoms with Crippen LogP contribution in [0, 0.1) is 5.82 Å². The molecule has 20 heavy (non-hydrogen) atoms. The van der Waals surface area contributed by atoms with E-state index in [0.717, 1.165) is 12.5 Å². The molecule has 0 aliphatic rings. The molecule has 0 radical (unpaired) electrons. The number of esters is 1. The first-order chi connectivity index (χ1) is 9.47. The van der Waals surface area contributed by atoms with Crippen molar-refractivity contribution < 1.29 is 18.7 Å². The van der Waals surface area contributed by atoms with Crippen molar-refractivity contribution in [3.05, 3.63) is 29.6 Å². The summed E-state index contributed by atoms with van der Waals surface area (Å²) in [5, 5.41) is 5.42. The second-order valence-electron chi connectivity index (χ2n) is 4.42. The van der Waals surface area contributed by atoms with Crippen molar-refractivity contribution in [1.29, 1.82) is 0 Å². The van der Waals surface area contributed by atoms with Crippen molar-refractivity contribution in [2.75, 3.05) is 19.0 Å². The van der Waals surface area contributed by atoms with Gasteiger partial charge in [0.1, 0.15) is 5.82 Å². The minimum atomic E-state index is -0.602. The number of anilines is 1. The van der Waals surface area contributed by atoms with E-state index in [9.17, 15) is 14.0 Å². The van der Waals surface area contributed by atoms with Crippen molar-refractivity contribution in [2.24, 2.45) is 0 Å². The van der Waals surface area contributed by atoms with E-state index in [2.05, 4.69) is 15.4 Å². The van der Waals surface area contributed by atoms with Crippen LogP contribution in [0.2, 0.25) is 0 Å². The number of halogens is 1. The Morgan fingerprint density at radius 3 is 2.70 bits per heavy atom. The van der Waals surface area contributed by atoms with Crippen molar-refractivity contribution in [3.63, 3.8) is 0 Å². The number of ether oxygens (including phenoxy) is 1. The summed E-state index contributed by atoms with van der Waals surface area (Å²) in [7, 11) is 1.24. The van der Waals surface area contributed by atoms with Gasteiger partial charge in [0.25, 0.3) is 0 Å². The van der Waals surface area contributed by atoms with E-state index < -0.39 is 11.8 Å². The number of carbonyl (C=O) groups is 2. The third-order valence-electron chi connectivity index (χ3n) is 2.89. The highest BCUT2D eigenvalue weighted by atomic mass is 19.1. The predicted molar refractivity (Wildman–Crippen MR) is 74.1 cm³/mol. The van der Waals surface area contributed by atoms with Crippen LogP contribution >= 0.6 is 0 Å². The number of amides is 1. The average molecular weight is 282 g/mol. The first-order valence-corrected chi connectivity index (χ1v) is 6.39. The number of nitrogens with one attached hydrogen (secondary N) is 2. The Morgan fingerprint density at radius 1 is 1.40 bits per heavy atom. The fraction of sp³-hybridized carbons (Fsp3) is 0.429. The second-order valence-corrected chi connectivity index (χ2v) is 4.42. The highest BCUT2D eigenvalue weighted by Gasteiger charge is 2.12. The van der Waals surface area contributed by atoms with E-state index >= 15 is 0 Å². The van der Waals surface area contributed by atoms with E-state index in [1.54, 1.807) is 0 Å². The van der Waals surface area contributed by atoms with E-state index in [4.69, 9.17) is 0 Å². The minimum absolute atomic E-state index is 0.0381. The number of rotatable bonds is 6. The van der Waals surface area contributed by atoms with Gasteiger partial charge in [-0.25, -0.2) is 9.18 Å². The van der Waals surface area contributed by atoms with Gasteiger partial charge in [0.15, 0.2) is 0 Å². The van der Waals surface area contributed by atoms with Gasteiger partial charge in [0.05, 0.1) is 24.9 Å². The average Bonchev–Trinajstić information content (AvgIpc) is 2.46. The maximum Gasteiger partial charge on any atom is 0.337 e. The Labute approximate surface area is 117 Å². The molecule has 0 heterocycles. The molecule has 1 unspecified atom stereocenters. The Hall–Kier alpha value is -1.95. The van der Waals surface area contributed by atoms with Crippen LogP contribution in [0.1, 0.15) is 30.6 Å². The first-order valence-electron chi connectivity index (χ1n) is 6.39. The molecule has 2 N–H and O–H groups in total. The highest BCUT2D eigenvalue weighted by molar-refractivity contribution is 5.95. The summed E-state index contributed by atoms with van der Waals surface area (Å²) in [5.41, 5.74) is 0.142. The monoisotopic (exact) mass is 282 g/mol. The first kappa shape index (κ1) is 16.1. The van der Waals surface area contributed by atoms with Crippen LogP contribution in [0.15, 0.2) is 18.2 Å². The number of hydrogen-bond donors (Lipinski definition) is 2. The van der Waals surface area contributed by atoms with Crippen molar-refractivity contribution in [1.82, 2.24) is 5.32 Å². The van der Waals surface area contributed by atoms with Gasteiger partial charge in [-0.05, 0) is 31.5 Å². The molecule has 1 atom stereocenters. The zero-order chi connectivity index (χ0) is 15.1. The lowest BCUT2D eigenvalue weighted by Gasteiger charge is -2.12. The predicted octanol–water partition coefficient (Wildman–Crippen LogP) is 1.94. The summed E-state index contributed by atoms with van der Waals surface area (Å²) in [6.07, 6.45) is 0.888. The Kier molecular flexibility index (Phi) is 6.11. The molecular formula is C14H19FN2O3. The quantitative estimate of drug-likeness (QED) is 0.782. The fourth-order valence-corrected chi connectivity index (χ4v) is 1.47. The molecule has 0 bridgehead atoms. The zero-order valence-corrected chi connectivity index (χ0v) is 11.8. The number of hydrogen-bond acceptors (Lipinski definition) is 4. The fourth-order valence-electron chi connectivity index (χ4n) is 1.47. The van der Waals surface area contributed by atoms with Crippen LogP contribution in [-0.2, 0) is 9.53 Å². The van der Waals surface area contributed by atoms with Gasteiger partial charge >= 0.3 is 5.97 Å². The lowest BCUT2D eigenvalue weighted by atomic mass is 10.2. The molecule has 0 aliphatic carbocycles. The molecular weight excluding hydrogens is 263 g/mol. The third-order valence-corrected chi connectivity index (χ3v) is 2.89. The van der Waals surface area contributed by atoms with Gasteiger partial charge in [-0.3, -0.25) is 4.79 Å². The summed E-state index contributed by atoms with van der Waals surface area (Å²) in [6.45, 7) is 4.03. The third kappa shape index (κ3) is 4.62. The Morgan fingerprint density at radius 2 is 2.10 bits per heavy atom. The molecule has 0 saturated heterocycles. The van der Waals surface area contributed by atoms with Gasteiger partial charge in [-0.1, -0.05) is 6.92 Å².